The van der Waals surface area contributed by atoms with E-state index in [0.717, 1.165) is 68.2 Å². The van der Waals surface area contributed by atoms with Crippen molar-refractivity contribution in [3.63, 3.8) is 0 Å². The van der Waals surface area contributed by atoms with Crippen LogP contribution in [-0.2, 0) is 17.6 Å². The molecule has 0 amide bonds. The molecule has 0 aromatic heterocycles. The summed E-state index contributed by atoms with van der Waals surface area (Å²) in [7, 11) is 0. The number of anilines is 1. The van der Waals surface area contributed by atoms with Crippen LogP contribution in [0.5, 0.6) is 0 Å². The summed E-state index contributed by atoms with van der Waals surface area (Å²) < 4.78 is 15.0. The van der Waals surface area contributed by atoms with Crippen molar-refractivity contribution in [3.05, 3.63) is 53.3 Å². The van der Waals surface area contributed by atoms with Gasteiger partial charge in [-0.2, -0.15) is 0 Å². The van der Waals surface area contributed by atoms with Crippen LogP contribution < -0.4 is 10.6 Å². The van der Waals surface area contributed by atoms with Crippen LogP contribution >= 0.6 is 0 Å². The van der Waals surface area contributed by atoms with Gasteiger partial charge >= 0.3 is 0 Å². The highest BCUT2D eigenvalue weighted by atomic mass is 19.1. The maximum Gasteiger partial charge on any atom is 0.150 e. The summed E-state index contributed by atoms with van der Waals surface area (Å²) >= 11 is 0. The SMILES string of the molecule is O=C1CNC2(CCC(Cc3ccc(-c4ccc5c(c4)NCC5)cc3F)CC2)CC1C1CC1. The molecule has 4 heteroatoms. The highest BCUT2D eigenvalue weighted by Crippen LogP contribution is 2.47. The first-order chi connectivity index (χ1) is 15.6. The van der Waals surface area contributed by atoms with Crippen LogP contribution in [0.2, 0.25) is 0 Å². The number of carbonyl (C=O) groups excluding carboxylic acids is 1. The molecule has 2 saturated carbocycles. The Morgan fingerprint density at radius 2 is 1.78 bits per heavy atom. The average Bonchev–Trinajstić information content (AvgIpc) is 3.55. The number of hydrogen-bond donors (Lipinski definition) is 2. The Kier molecular flexibility index (Phi) is 5.09. The molecule has 2 aliphatic heterocycles. The van der Waals surface area contributed by atoms with E-state index >= 15 is 4.39 Å². The Bertz CT molecular complexity index is 1040. The van der Waals surface area contributed by atoms with Crippen molar-refractivity contribution in [3.8, 4) is 11.1 Å². The van der Waals surface area contributed by atoms with E-state index in [1.165, 1.54) is 24.1 Å². The highest BCUT2D eigenvalue weighted by Gasteiger charge is 2.47. The molecule has 4 aliphatic rings. The van der Waals surface area contributed by atoms with E-state index in [1.807, 2.05) is 6.07 Å². The van der Waals surface area contributed by atoms with Gasteiger partial charge in [0.25, 0.3) is 0 Å². The molecule has 32 heavy (non-hydrogen) atoms. The number of benzene rings is 2. The number of carbonyl (C=O) groups is 1. The molecule has 2 aromatic rings. The Hall–Kier alpha value is -2.20. The fraction of sp³-hybridized carbons (Fsp3) is 0.536. The lowest BCUT2D eigenvalue weighted by atomic mass is 9.68. The first-order valence-corrected chi connectivity index (χ1v) is 12.5. The van der Waals surface area contributed by atoms with E-state index in [0.29, 0.717) is 30.1 Å². The second kappa shape index (κ2) is 7.98. The smallest absolute Gasteiger partial charge is 0.150 e. The molecular formula is C28H33FN2O. The molecule has 0 bridgehead atoms. The number of piperidine rings is 1. The zero-order chi connectivity index (χ0) is 21.7. The minimum atomic E-state index is -0.0774. The number of Topliss-reactive ketones (excluding diaryl/α,β-unsaturated/α-hetero) is 1. The average molecular weight is 433 g/mol. The Balaban J connectivity index is 1.10. The number of halogens is 1. The topological polar surface area (TPSA) is 41.1 Å². The van der Waals surface area contributed by atoms with Crippen LogP contribution in [0, 0.1) is 23.6 Å². The summed E-state index contributed by atoms with van der Waals surface area (Å²) in [6.45, 7) is 1.54. The number of nitrogens with one attached hydrogen (secondary N) is 2. The largest absolute Gasteiger partial charge is 0.384 e. The molecule has 1 spiro atoms. The lowest BCUT2D eigenvalue weighted by molar-refractivity contribution is -0.126. The van der Waals surface area contributed by atoms with Crippen molar-refractivity contribution < 1.29 is 9.18 Å². The molecule has 2 N–H and O–H groups in total. The van der Waals surface area contributed by atoms with Gasteiger partial charge in [0.15, 0.2) is 0 Å². The fourth-order valence-corrected chi connectivity index (χ4v) is 6.43. The molecule has 1 saturated heterocycles. The zero-order valence-corrected chi connectivity index (χ0v) is 18.8. The first kappa shape index (κ1) is 20.4. The predicted octanol–water partition coefficient (Wildman–Crippen LogP) is 5.52. The zero-order valence-electron chi connectivity index (χ0n) is 18.8. The lowest BCUT2D eigenvalue weighted by Gasteiger charge is -2.46. The standard InChI is InChI=1S/C28H33FN2O/c29-25-14-21(22-4-3-20-9-12-30-26(20)15-22)5-6-23(25)13-18-7-10-28(11-8-18)16-24(19-1-2-19)27(32)17-31-28/h3-6,14-15,18-19,24,30-31H,1-2,7-13,16-17H2. The van der Waals surface area contributed by atoms with E-state index in [9.17, 15) is 4.79 Å². The molecular weight excluding hydrogens is 399 g/mol. The Labute approximate surface area is 190 Å². The van der Waals surface area contributed by atoms with Gasteiger partial charge in [0.2, 0.25) is 0 Å². The second-order valence-corrected chi connectivity index (χ2v) is 10.8. The van der Waals surface area contributed by atoms with E-state index in [1.54, 1.807) is 6.07 Å². The van der Waals surface area contributed by atoms with Gasteiger partial charge in [0, 0.05) is 23.7 Å². The van der Waals surface area contributed by atoms with Gasteiger partial charge in [-0.25, -0.2) is 4.39 Å². The van der Waals surface area contributed by atoms with Crippen LogP contribution in [-0.4, -0.2) is 24.4 Å². The van der Waals surface area contributed by atoms with E-state index in [-0.39, 0.29) is 11.4 Å². The van der Waals surface area contributed by atoms with Crippen molar-refractivity contribution in [1.82, 2.24) is 5.32 Å². The lowest BCUT2D eigenvalue weighted by Crippen LogP contribution is -2.56. The Morgan fingerprint density at radius 1 is 1.00 bits per heavy atom. The van der Waals surface area contributed by atoms with Gasteiger partial charge in [0.1, 0.15) is 11.6 Å². The van der Waals surface area contributed by atoms with Crippen molar-refractivity contribution in [2.45, 2.75) is 63.3 Å². The third-order valence-electron chi connectivity index (χ3n) is 8.63. The number of hydrogen-bond acceptors (Lipinski definition) is 3. The van der Waals surface area contributed by atoms with Crippen molar-refractivity contribution in [2.75, 3.05) is 18.4 Å². The summed E-state index contributed by atoms with van der Waals surface area (Å²) in [6.07, 6.45) is 9.89. The second-order valence-electron chi connectivity index (χ2n) is 10.8. The van der Waals surface area contributed by atoms with Crippen LogP contribution in [0.25, 0.3) is 11.1 Å². The molecule has 1 atom stereocenters. The molecule has 3 nitrogen and oxygen atoms in total. The summed E-state index contributed by atoms with van der Waals surface area (Å²) in [6, 6.07) is 12.2. The molecule has 1 unspecified atom stereocenters. The highest BCUT2D eigenvalue weighted by molar-refractivity contribution is 5.84. The summed E-state index contributed by atoms with van der Waals surface area (Å²) in [5, 5.41) is 7.02. The Morgan fingerprint density at radius 3 is 2.56 bits per heavy atom. The maximum atomic E-state index is 15.0. The molecule has 168 valence electrons. The van der Waals surface area contributed by atoms with E-state index in [4.69, 9.17) is 0 Å². The summed E-state index contributed by atoms with van der Waals surface area (Å²) in [5.74, 6) is 1.84. The molecule has 0 radical (unpaired) electrons. The van der Waals surface area contributed by atoms with Gasteiger partial charge < -0.3 is 10.6 Å². The minimum absolute atomic E-state index is 0.0774. The van der Waals surface area contributed by atoms with Crippen molar-refractivity contribution in [1.29, 1.82) is 0 Å². The maximum absolute atomic E-state index is 15.0. The molecule has 2 aliphatic carbocycles. The summed E-state index contributed by atoms with van der Waals surface area (Å²) in [4.78, 5) is 12.3. The monoisotopic (exact) mass is 432 g/mol. The van der Waals surface area contributed by atoms with Crippen molar-refractivity contribution >= 4 is 11.5 Å². The normalized spacial score (nSPS) is 29.7. The first-order valence-electron chi connectivity index (χ1n) is 12.5. The van der Waals surface area contributed by atoms with Crippen LogP contribution in [0.4, 0.5) is 10.1 Å². The van der Waals surface area contributed by atoms with Gasteiger partial charge in [-0.05, 0) is 104 Å². The van der Waals surface area contributed by atoms with E-state index < -0.39 is 0 Å². The number of ketones is 1. The fourth-order valence-electron chi connectivity index (χ4n) is 6.43. The van der Waals surface area contributed by atoms with Gasteiger partial charge in [-0.15, -0.1) is 0 Å². The van der Waals surface area contributed by atoms with Gasteiger partial charge in [0.05, 0.1) is 6.54 Å². The molecule has 2 heterocycles. The molecule has 2 aromatic carbocycles. The predicted molar refractivity (Wildman–Crippen MR) is 126 cm³/mol. The molecule has 6 rings (SSSR count). The number of rotatable bonds is 4. The van der Waals surface area contributed by atoms with Crippen molar-refractivity contribution in [2.24, 2.45) is 17.8 Å². The third kappa shape index (κ3) is 3.87. The third-order valence-corrected chi connectivity index (χ3v) is 8.63. The van der Waals surface area contributed by atoms with E-state index in [2.05, 4.69) is 34.9 Å². The van der Waals surface area contributed by atoms with Crippen LogP contribution in [0.15, 0.2) is 36.4 Å². The number of fused-ring (bicyclic) bond motifs is 1. The quantitative estimate of drug-likeness (QED) is 0.668. The van der Waals surface area contributed by atoms with Crippen LogP contribution in [0.3, 0.4) is 0 Å². The minimum Gasteiger partial charge on any atom is -0.384 e. The van der Waals surface area contributed by atoms with Gasteiger partial charge in [-0.1, -0.05) is 24.3 Å². The molecule has 3 fully saturated rings. The van der Waals surface area contributed by atoms with Crippen LogP contribution in [0.1, 0.15) is 56.1 Å². The summed E-state index contributed by atoms with van der Waals surface area (Å²) in [5.41, 5.74) is 5.56. The van der Waals surface area contributed by atoms with Gasteiger partial charge in [-0.3, -0.25) is 4.79 Å².